The monoisotopic (exact) mass is 394 g/mol. The summed E-state index contributed by atoms with van der Waals surface area (Å²) in [4.78, 5) is 16.7. The number of hydrogen-bond acceptors (Lipinski definition) is 5. The second-order valence-electron chi connectivity index (χ2n) is 6.74. The lowest BCUT2D eigenvalue weighted by Crippen LogP contribution is -1.85. The summed E-state index contributed by atoms with van der Waals surface area (Å²) in [5, 5.41) is 14.0. The van der Waals surface area contributed by atoms with Crippen molar-refractivity contribution in [2.75, 3.05) is 0 Å². The van der Waals surface area contributed by atoms with Crippen LogP contribution in [0.3, 0.4) is 0 Å². The topological polar surface area (TPSA) is 83.1 Å². The fourth-order valence-electron chi connectivity index (χ4n) is 3.62. The van der Waals surface area contributed by atoms with Crippen LogP contribution in [0.15, 0.2) is 71.9 Å². The molecule has 0 saturated heterocycles. The van der Waals surface area contributed by atoms with Crippen LogP contribution in [-0.2, 0) is 0 Å². The Morgan fingerprint density at radius 3 is 2.76 bits per heavy atom. The van der Waals surface area contributed by atoms with E-state index in [1.54, 1.807) is 17.5 Å². The SMILES string of the molecule is c1cncc(-c2cc3c(-c4cc5c(-c6ccsc6)ccnc5[nH]4)n[nH]c3cn2)c1. The molecular formula is C22H14N6S. The van der Waals surface area contributed by atoms with E-state index in [1.807, 2.05) is 36.8 Å². The number of thiophene rings is 1. The van der Waals surface area contributed by atoms with Crippen LogP contribution in [-0.4, -0.2) is 30.1 Å². The van der Waals surface area contributed by atoms with Crippen molar-refractivity contribution in [3.63, 3.8) is 0 Å². The van der Waals surface area contributed by atoms with Crippen LogP contribution in [0, 0.1) is 0 Å². The van der Waals surface area contributed by atoms with Crippen LogP contribution in [0.25, 0.3) is 55.7 Å². The predicted molar refractivity (Wildman–Crippen MR) is 116 cm³/mol. The summed E-state index contributed by atoms with van der Waals surface area (Å²) >= 11 is 1.69. The molecule has 0 fully saturated rings. The molecule has 6 aromatic heterocycles. The Bertz CT molecular complexity index is 1450. The predicted octanol–water partition coefficient (Wildman–Crippen LogP) is 5.29. The molecule has 6 rings (SSSR count). The molecule has 2 N–H and O–H groups in total. The maximum atomic E-state index is 4.55. The summed E-state index contributed by atoms with van der Waals surface area (Å²) in [6.45, 7) is 0. The molecule has 0 saturated carbocycles. The van der Waals surface area contributed by atoms with Gasteiger partial charge >= 0.3 is 0 Å². The zero-order valence-electron chi connectivity index (χ0n) is 15.1. The highest BCUT2D eigenvalue weighted by atomic mass is 32.1. The van der Waals surface area contributed by atoms with Crippen LogP contribution in [0.4, 0.5) is 0 Å². The molecule has 0 bridgehead atoms. The van der Waals surface area contributed by atoms with Gasteiger partial charge in [0.2, 0.25) is 0 Å². The average molecular weight is 394 g/mol. The summed E-state index contributed by atoms with van der Waals surface area (Å²) in [6.07, 6.45) is 7.22. The minimum atomic E-state index is 0.849. The Labute approximate surface area is 169 Å². The van der Waals surface area contributed by atoms with Crippen LogP contribution < -0.4 is 0 Å². The van der Waals surface area contributed by atoms with Crippen LogP contribution in [0.2, 0.25) is 0 Å². The van der Waals surface area contributed by atoms with Gasteiger partial charge in [-0.1, -0.05) is 0 Å². The van der Waals surface area contributed by atoms with Gasteiger partial charge in [0, 0.05) is 34.9 Å². The number of nitrogens with one attached hydrogen (secondary N) is 2. The van der Waals surface area contributed by atoms with Crippen molar-refractivity contribution < 1.29 is 0 Å². The number of nitrogens with zero attached hydrogens (tertiary/aromatic N) is 4. The van der Waals surface area contributed by atoms with Gasteiger partial charge in [-0.25, -0.2) is 4.98 Å². The molecule has 0 aliphatic heterocycles. The fraction of sp³-hybridized carbons (Fsp3) is 0. The van der Waals surface area contributed by atoms with Crippen molar-refractivity contribution in [2.24, 2.45) is 0 Å². The fourth-order valence-corrected chi connectivity index (χ4v) is 4.27. The number of aromatic nitrogens is 6. The molecule has 0 amide bonds. The number of hydrogen-bond donors (Lipinski definition) is 2. The summed E-state index contributed by atoms with van der Waals surface area (Å²) < 4.78 is 0. The standard InChI is InChI=1S/C22H14N6S/c1-2-13(10-23-5-1)18-9-17-20(11-25-18)27-28-21(17)19-8-16-15(14-4-7-29-12-14)3-6-24-22(16)26-19/h1-12H,(H,24,26)(H,27,28). The first kappa shape index (κ1) is 16.1. The third kappa shape index (κ3) is 2.63. The summed E-state index contributed by atoms with van der Waals surface area (Å²) in [7, 11) is 0. The molecule has 0 radical (unpaired) electrons. The minimum absolute atomic E-state index is 0.849. The molecule has 6 aromatic rings. The van der Waals surface area contributed by atoms with Gasteiger partial charge in [-0.05, 0) is 58.3 Å². The Kier molecular flexibility index (Phi) is 3.54. The van der Waals surface area contributed by atoms with Gasteiger partial charge in [0.25, 0.3) is 0 Å². The molecule has 7 heteroatoms. The third-order valence-corrected chi connectivity index (χ3v) is 5.71. The third-order valence-electron chi connectivity index (χ3n) is 5.02. The maximum Gasteiger partial charge on any atom is 0.138 e. The Morgan fingerprint density at radius 1 is 0.897 bits per heavy atom. The molecule has 0 unspecified atom stereocenters. The quantitative estimate of drug-likeness (QED) is 0.427. The van der Waals surface area contributed by atoms with Crippen LogP contribution in [0.5, 0.6) is 0 Å². The summed E-state index contributed by atoms with van der Waals surface area (Å²) in [6, 6.07) is 12.3. The second kappa shape index (κ2) is 6.35. The van der Waals surface area contributed by atoms with E-state index >= 15 is 0 Å². The first-order valence-corrected chi connectivity index (χ1v) is 10.1. The molecule has 0 atom stereocenters. The Morgan fingerprint density at radius 2 is 1.90 bits per heavy atom. The molecule has 0 aliphatic rings. The van der Waals surface area contributed by atoms with Gasteiger partial charge in [-0.15, -0.1) is 0 Å². The Balaban J connectivity index is 1.53. The van der Waals surface area contributed by atoms with Gasteiger partial charge < -0.3 is 4.98 Å². The van der Waals surface area contributed by atoms with Crippen molar-refractivity contribution >= 4 is 33.3 Å². The highest BCUT2D eigenvalue weighted by Crippen LogP contribution is 2.34. The van der Waals surface area contributed by atoms with E-state index in [0.29, 0.717) is 0 Å². The normalized spacial score (nSPS) is 11.4. The first-order valence-electron chi connectivity index (χ1n) is 9.12. The highest BCUT2D eigenvalue weighted by molar-refractivity contribution is 7.08. The lowest BCUT2D eigenvalue weighted by atomic mass is 10.1. The molecular weight excluding hydrogens is 380 g/mol. The lowest BCUT2D eigenvalue weighted by molar-refractivity contribution is 1.11. The smallest absolute Gasteiger partial charge is 0.138 e. The lowest BCUT2D eigenvalue weighted by Gasteiger charge is -2.00. The van der Waals surface area contributed by atoms with E-state index in [-0.39, 0.29) is 0 Å². The zero-order valence-corrected chi connectivity index (χ0v) is 15.9. The van der Waals surface area contributed by atoms with E-state index in [2.05, 4.69) is 59.1 Å². The van der Waals surface area contributed by atoms with E-state index in [9.17, 15) is 0 Å². The van der Waals surface area contributed by atoms with E-state index < -0.39 is 0 Å². The van der Waals surface area contributed by atoms with Crippen molar-refractivity contribution in [3.8, 4) is 33.8 Å². The van der Waals surface area contributed by atoms with Gasteiger partial charge in [0.1, 0.15) is 11.3 Å². The molecule has 0 spiro atoms. The van der Waals surface area contributed by atoms with Gasteiger partial charge in [0.05, 0.1) is 23.1 Å². The number of aromatic amines is 2. The average Bonchev–Trinajstić information content (AvgIpc) is 3.52. The van der Waals surface area contributed by atoms with E-state index in [4.69, 9.17) is 0 Å². The van der Waals surface area contributed by atoms with Crippen LogP contribution in [0.1, 0.15) is 0 Å². The Hall–Kier alpha value is -3.84. The zero-order chi connectivity index (χ0) is 19.2. The van der Waals surface area contributed by atoms with Crippen molar-refractivity contribution in [1.29, 1.82) is 0 Å². The van der Waals surface area contributed by atoms with Crippen molar-refractivity contribution in [3.05, 3.63) is 71.9 Å². The van der Waals surface area contributed by atoms with Crippen molar-refractivity contribution in [2.45, 2.75) is 0 Å². The van der Waals surface area contributed by atoms with Crippen LogP contribution >= 0.6 is 11.3 Å². The van der Waals surface area contributed by atoms with Crippen molar-refractivity contribution in [1.82, 2.24) is 30.1 Å². The molecule has 0 aromatic carbocycles. The van der Waals surface area contributed by atoms with E-state index in [0.717, 1.165) is 50.1 Å². The number of H-pyrrole nitrogens is 2. The second-order valence-corrected chi connectivity index (χ2v) is 7.52. The largest absolute Gasteiger partial charge is 0.338 e. The summed E-state index contributed by atoms with van der Waals surface area (Å²) in [5.74, 6) is 0. The van der Waals surface area contributed by atoms with E-state index in [1.165, 1.54) is 5.56 Å². The first-order chi connectivity index (χ1) is 14.4. The maximum absolute atomic E-state index is 4.55. The number of rotatable bonds is 3. The van der Waals surface area contributed by atoms with Gasteiger partial charge in [0.15, 0.2) is 0 Å². The van der Waals surface area contributed by atoms with Gasteiger partial charge in [-0.2, -0.15) is 16.4 Å². The number of pyridine rings is 3. The number of fused-ring (bicyclic) bond motifs is 2. The molecule has 6 nitrogen and oxygen atoms in total. The highest BCUT2D eigenvalue weighted by Gasteiger charge is 2.15. The molecule has 6 heterocycles. The summed E-state index contributed by atoms with van der Waals surface area (Å²) in [5.41, 5.74) is 7.70. The molecule has 138 valence electrons. The molecule has 0 aliphatic carbocycles. The molecule has 29 heavy (non-hydrogen) atoms. The van der Waals surface area contributed by atoms with Gasteiger partial charge in [-0.3, -0.25) is 15.1 Å². The minimum Gasteiger partial charge on any atom is -0.338 e.